The number of hydrogen-bond acceptors (Lipinski definition) is 5. The molecule has 0 radical (unpaired) electrons. The first-order valence-corrected chi connectivity index (χ1v) is 12.4. The van der Waals surface area contributed by atoms with Gasteiger partial charge in [0.05, 0.1) is 5.57 Å². The quantitative estimate of drug-likeness (QED) is 0.323. The van der Waals surface area contributed by atoms with Crippen LogP contribution in [0.1, 0.15) is 34.3 Å². The topological polar surface area (TPSA) is 49.2 Å². The van der Waals surface area contributed by atoms with Crippen LogP contribution in [0.4, 0.5) is 0 Å². The Bertz CT molecular complexity index is 1570. The number of amidine groups is 1. The van der Waals surface area contributed by atoms with Gasteiger partial charge in [0.15, 0.2) is 5.84 Å². The summed E-state index contributed by atoms with van der Waals surface area (Å²) in [5, 5.41) is 4.25. The molecule has 1 N–H and O–H groups in total. The number of hydrazine groups is 1. The largest absolute Gasteiger partial charge is 0.438 e. The van der Waals surface area contributed by atoms with Crippen LogP contribution in [-0.2, 0) is 0 Å². The van der Waals surface area contributed by atoms with E-state index in [0.717, 1.165) is 43.5 Å². The number of hydrogen-bond donors (Lipinski definition) is 1. The highest BCUT2D eigenvalue weighted by Crippen LogP contribution is 2.49. The lowest BCUT2D eigenvalue weighted by Crippen LogP contribution is -2.42. The van der Waals surface area contributed by atoms with E-state index in [1.807, 2.05) is 23.2 Å². The normalized spacial score (nSPS) is 20.3. The summed E-state index contributed by atoms with van der Waals surface area (Å²) >= 11 is 3.62. The predicted molar refractivity (Wildman–Crippen MR) is 142 cm³/mol. The number of fused-ring (bicyclic) bond motifs is 5. The van der Waals surface area contributed by atoms with E-state index in [0.29, 0.717) is 5.88 Å². The number of rotatable bonds is 2. The van der Waals surface area contributed by atoms with Gasteiger partial charge >= 0.3 is 0 Å². The summed E-state index contributed by atoms with van der Waals surface area (Å²) in [6.07, 6.45) is 1.57. The van der Waals surface area contributed by atoms with Crippen molar-refractivity contribution in [3.8, 4) is 5.75 Å². The maximum atomic E-state index is 6.43. The maximum Gasteiger partial charge on any atom is 0.228 e. The molecule has 2 atom stereocenters. The lowest BCUT2D eigenvalue weighted by atomic mass is 9.79. The van der Waals surface area contributed by atoms with Crippen LogP contribution in [-0.4, -0.2) is 17.2 Å². The number of halogens is 1. The molecule has 4 aromatic carbocycles. The Morgan fingerprint density at radius 1 is 0.914 bits per heavy atom. The standard InChI is InChI=1S/C29H21BrN4O/c1-17-7-9-18(10-8-17)24-25-22-13-12-21(30)15-20(22)11-14-23(25)35-29-26(24)28-32-27(33-34(28)16-31-29)19-5-3-2-4-6-19/h2-16,24,27,33H,1H3. The molecule has 170 valence electrons. The summed E-state index contributed by atoms with van der Waals surface area (Å²) in [4.78, 5) is 9.84. The molecule has 0 aromatic heterocycles. The summed E-state index contributed by atoms with van der Waals surface area (Å²) in [5.74, 6) is 2.20. The number of nitrogens with one attached hydrogen (secondary N) is 1. The smallest absolute Gasteiger partial charge is 0.228 e. The average molecular weight is 521 g/mol. The highest BCUT2D eigenvalue weighted by atomic mass is 79.9. The molecule has 4 aromatic rings. The predicted octanol–water partition coefficient (Wildman–Crippen LogP) is 6.61. The Labute approximate surface area is 211 Å². The van der Waals surface area contributed by atoms with Gasteiger partial charge in [0.25, 0.3) is 0 Å². The molecule has 5 nitrogen and oxygen atoms in total. The summed E-state index contributed by atoms with van der Waals surface area (Å²) in [7, 11) is 0. The molecule has 0 fully saturated rings. The number of aryl methyl sites for hydroxylation is 1. The lowest BCUT2D eigenvalue weighted by molar-refractivity contribution is 0.377. The summed E-state index contributed by atoms with van der Waals surface area (Å²) in [6.45, 7) is 2.11. The summed E-state index contributed by atoms with van der Waals surface area (Å²) in [5.41, 5.74) is 9.11. The Balaban J connectivity index is 1.46. The fourth-order valence-electron chi connectivity index (χ4n) is 5.12. The van der Waals surface area contributed by atoms with E-state index in [2.05, 4.69) is 95.0 Å². The number of ether oxygens (including phenoxy) is 1. The summed E-state index contributed by atoms with van der Waals surface area (Å²) < 4.78 is 7.49. The van der Waals surface area contributed by atoms with E-state index in [-0.39, 0.29) is 12.1 Å². The molecule has 3 aliphatic rings. The molecule has 6 heteroatoms. The van der Waals surface area contributed by atoms with Crippen LogP contribution in [0.5, 0.6) is 5.75 Å². The second kappa shape index (κ2) is 7.90. The SMILES string of the molecule is Cc1ccc(C2C3=C(N=CN4NC(c5ccccc5)N=C34)Oc3ccc4cc(Br)ccc4c32)cc1. The maximum absolute atomic E-state index is 6.43. The van der Waals surface area contributed by atoms with Gasteiger partial charge in [0.1, 0.15) is 18.3 Å². The molecule has 0 spiro atoms. The number of benzene rings is 4. The lowest BCUT2D eigenvalue weighted by Gasteiger charge is -2.34. The van der Waals surface area contributed by atoms with E-state index in [9.17, 15) is 0 Å². The van der Waals surface area contributed by atoms with Crippen LogP contribution < -0.4 is 10.2 Å². The van der Waals surface area contributed by atoms with Crippen molar-refractivity contribution in [2.75, 3.05) is 0 Å². The minimum absolute atomic E-state index is 0.0748. The zero-order chi connectivity index (χ0) is 23.5. The van der Waals surface area contributed by atoms with Crippen LogP contribution in [0.2, 0.25) is 0 Å². The molecule has 3 aliphatic heterocycles. The van der Waals surface area contributed by atoms with Crippen molar-refractivity contribution in [1.29, 1.82) is 0 Å². The fraction of sp³-hybridized carbons (Fsp3) is 0.103. The molecule has 2 unspecified atom stereocenters. The minimum Gasteiger partial charge on any atom is -0.438 e. The van der Waals surface area contributed by atoms with Crippen LogP contribution in [0.25, 0.3) is 10.8 Å². The van der Waals surface area contributed by atoms with Gasteiger partial charge in [0, 0.05) is 16.0 Å². The van der Waals surface area contributed by atoms with E-state index in [1.54, 1.807) is 6.34 Å². The van der Waals surface area contributed by atoms with Gasteiger partial charge in [-0.15, -0.1) is 0 Å². The van der Waals surface area contributed by atoms with Crippen LogP contribution in [0.15, 0.2) is 111 Å². The molecule has 0 saturated heterocycles. The first-order valence-electron chi connectivity index (χ1n) is 11.6. The average Bonchev–Trinajstić information content (AvgIpc) is 3.33. The van der Waals surface area contributed by atoms with Crippen molar-refractivity contribution >= 4 is 38.9 Å². The van der Waals surface area contributed by atoms with Gasteiger partial charge in [0.2, 0.25) is 5.88 Å². The first kappa shape index (κ1) is 20.6. The molecule has 35 heavy (non-hydrogen) atoms. The van der Waals surface area contributed by atoms with E-state index < -0.39 is 0 Å². The first-order chi connectivity index (χ1) is 17.2. The van der Waals surface area contributed by atoms with Gasteiger partial charge in [-0.2, -0.15) is 5.43 Å². The Morgan fingerprint density at radius 3 is 2.57 bits per heavy atom. The monoisotopic (exact) mass is 520 g/mol. The molecule has 0 aliphatic carbocycles. The van der Waals surface area contributed by atoms with Crippen LogP contribution >= 0.6 is 15.9 Å². The van der Waals surface area contributed by atoms with E-state index >= 15 is 0 Å². The van der Waals surface area contributed by atoms with Crippen LogP contribution in [0.3, 0.4) is 0 Å². The second-order valence-corrected chi connectivity index (χ2v) is 9.93. The van der Waals surface area contributed by atoms with Gasteiger partial charge in [-0.05, 0) is 47.0 Å². The summed E-state index contributed by atoms with van der Waals surface area (Å²) in [6, 6.07) is 29.6. The van der Waals surface area contributed by atoms with Gasteiger partial charge in [-0.25, -0.2) is 15.0 Å². The number of nitrogens with zero attached hydrogens (tertiary/aromatic N) is 3. The van der Waals surface area contributed by atoms with Crippen molar-refractivity contribution in [2.24, 2.45) is 9.98 Å². The van der Waals surface area contributed by atoms with Gasteiger partial charge < -0.3 is 4.74 Å². The Kier molecular flexibility index (Phi) is 4.65. The Morgan fingerprint density at radius 2 is 1.74 bits per heavy atom. The molecule has 3 heterocycles. The molecular formula is C29H21BrN4O. The van der Waals surface area contributed by atoms with E-state index in [4.69, 9.17) is 14.7 Å². The van der Waals surface area contributed by atoms with Gasteiger partial charge in [-0.1, -0.05) is 88.2 Å². The number of aliphatic imine (C=N–C) groups is 2. The fourth-order valence-corrected chi connectivity index (χ4v) is 5.50. The zero-order valence-corrected chi connectivity index (χ0v) is 20.5. The molecule has 0 saturated carbocycles. The third-order valence-electron chi connectivity index (χ3n) is 6.80. The van der Waals surface area contributed by atoms with Crippen molar-refractivity contribution in [3.05, 3.63) is 123 Å². The Hall–Kier alpha value is -3.74. The van der Waals surface area contributed by atoms with Gasteiger partial charge in [-0.3, -0.25) is 0 Å². The highest BCUT2D eigenvalue weighted by Gasteiger charge is 2.41. The molecule has 7 rings (SSSR count). The van der Waals surface area contributed by atoms with Crippen molar-refractivity contribution < 1.29 is 4.74 Å². The zero-order valence-electron chi connectivity index (χ0n) is 18.9. The third kappa shape index (κ3) is 3.32. The molecule has 0 amide bonds. The minimum atomic E-state index is -0.187. The molecule has 0 bridgehead atoms. The molecular weight excluding hydrogens is 500 g/mol. The second-order valence-electron chi connectivity index (χ2n) is 9.02. The van der Waals surface area contributed by atoms with Crippen LogP contribution in [0, 0.1) is 6.92 Å². The highest BCUT2D eigenvalue weighted by molar-refractivity contribution is 9.10. The van der Waals surface area contributed by atoms with Crippen molar-refractivity contribution in [3.63, 3.8) is 0 Å². The third-order valence-corrected chi connectivity index (χ3v) is 7.29. The van der Waals surface area contributed by atoms with Crippen molar-refractivity contribution in [2.45, 2.75) is 19.0 Å². The van der Waals surface area contributed by atoms with E-state index in [1.165, 1.54) is 11.1 Å². The van der Waals surface area contributed by atoms with Crippen molar-refractivity contribution in [1.82, 2.24) is 10.4 Å².